The second-order valence-corrected chi connectivity index (χ2v) is 6.48. The normalized spacial score (nSPS) is 25.4. The number of aryl methyl sites for hydroxylation is 1. The number of imidazole rings is 1. The van der Waals surface area contributed by atoms with E-state index in [1.807, 2.05) is 19.4 Å². The summed E-state index contributed by atoms with van der Waals surface area (Å²) in [7, 11) is 2.03. The number of amides is 1. The lowest BCUT2D eigenvalue weighted by molar-refractivity contribution is -0.132. The van der Waals surface area contributed by atoms with Gasteiger partial charge in [-0.3, -0.25) is 9.69 Å². The Hall–Kier alpha value is -1.11. The molecule has 2 unspecified atom stereocenters. The van der Waals surface area contributed by atoms with Crippen LogP contribution in [-0.4, -0.2) is 64.0 Å². The molecule has 6 nitrogen and oxygen atoms in total. The van der Waals surface area contributed by atoms with Gasteiger partial charge in [-0.05, 0) is 19.8 Å². The Bertz CT molecular complexity index is 520. The minimum atomic E-state index is 0. The van der Waals surface area contributed by atoms with Gasteiger partial charge >= 0.3 is 0 Å². The Balaban J connectivity index is 0.00000192. The average molecular weight is 342 g/mol. The molecule has 0 radical (unpaired) electrons. The average Bonchev–Trinajstić information content (AvgIpc) is 3.13. The van der Waals surface area contributed by atoms with Gasteiger partial charge < -0.3 is 14.8 Å². The van der Waals surface area contributed by atoms with Gasteiger partial charge in [0.25, 0.3) is 0 Å². The predicted octanol–water partition coefficient (Wildman–Crippen LogP) is 1.19. The molecule has 23 heavy (non-hydrogen) atoms. The number of carbonyl (C=O) groups excluding carboxylic acids is 1. The summed E-state index contributed by atoms with van der Waals surface area (Å²) in [5.41, 5.74) is 0. The molecule has 7 heteroatoms. The molecule has 0 aromatic carbocycles. The second-order valence-electron chi connectivity index (χ2n) is 6.48. The van der Waals surface area contributed by atoms with Crippen LogP contribution in [0.1, 0.15) is 38.1 Å². The Morgan fingerprint density at radius 1 is 1.43 bits per heavy atom. The molecule has 2 atom stereocenters. The molecule has 2 aliphatic heterocycles. The second kappa shape index (κ2) is 8.13. The first kappa shape index (κ1) is 18.2. The summed E-state index contributed by atoms with van der Waals surface area (Å²) in [6.45, 7) is 6.77. The topological polar surface area (TPSA) is 53.4 Å². The molecule has 130 valence electrons. The number of aromatic nitrogens is 2. The fraction of sp³-hybridized carbons (Fsp3) is 0.750. The molecule has 3 heterocycles. The predicted molar refractivity (Wildman–Crippen MR) is 92.7 cm³/mol. The van der Waals surface area contributed by atoms with Gasteiger partial charge in [0, 0.05) is 64.6 Å². The van der Waals surface area contributed by atoms with Gasteiger partial charge in [0.2, 0.25) is 5.91 Å². The lowest BCUT2D eigenvalue weighted by Gasteiger charge is -2.36. The van der Waals surface area contributed by atoms with Crippen LogP contribution < -0.4 is 5.32 Å². The molecule has 1 aromatic rings. The summed E-state index contributed by atoms with van der Waals surface area (Å²) >= 11 is 0. The lowest BCUT2D eigenvalue weighted by atomic mass is 10.1. The number of nitrogens with zero attached hydrogens (tertiary/aromatic N) is 4. The maximum atomic E-state index is 12.4. The van der Waals surface area contributed by atoms with E-state index in [2.05, 4.69) is 31.6 Å². The van der Waals surface area contributed by atoms with Crippen LogP contribution in [0.5, 0.6) is 0 Å². The van der Waals surface area contributed by atoms with E-state index in [4.69, 9.17) is 0 Å². The van der Waals surface area contributed by atoms with Crippen molar-refractivity contribution >= 4 is 18.3 Å². The molecule has 2 aliphatic rings. The van der Waals surface area contributed by atoms with E-state index in [0.29, 0.717) is 18.4 Å². The largest absolute Gasteiger partial charge is 0.340 e. The Morgan fingerprint density at radius 2 is 2.26 bits per heavy atom. The molecule has 0 saturated carbocycles. The molecule has 0 aliphatic carbocycles. The molecule has 1 aromatic heterocycles. The maximum absolute atomic E-state index is 12.4. The van der Waals surface area contributed by atoms with Crippen LogP contribution in [0.4, 0.5) is 0 Å². The van der Waals surface area contributed by atoms with E-state index in [1.165, 1.54) is 0 Å². The zero-order valence-corrected chi connectivity index (χ0v) is 14.9. The van der Waals surface area contributed by atoms with Gasteiger partial charge in [0.15, 0.2) is 0 Å². The minimum absolute atomic E-state index is 0. The SMILES string of the molecule is CC1CCCN1C(=O)CCN1CCNCC1c1nccn1C.Cl. The van der Waals surface area contributed by atoms with Crippen molar-refractivity contribution in [3.05, 3.63) is 18.2 Å². The van der Waals surface area contributed by atoms with Crippen molar-refractivity contribution in [2.24, 2.45) is 7.05 Å². The van der Waals surface area contributed by atoms with Crippen molar-refractivity contribution in [1.29, 1.82) is 0 Å². The molecule has 1 amide bonds. The summed E-state index contributed by atoms with van der Waals surface area (Å²) in [6.07, 6.45) is 6.75. The van der Waals surface area contributed by atoms with Crippen molar-refractivity contribution in [1.82, 2.24) is 24.7 Å². The first-order chi connectivity index (χ1) is 10.7. The number of hydrogen-bond donors (Lipinski definition) is 1. The van der Waals surface area contributed by atoms with Crippen molar-refractivity contribution < 1.29 is 4.79 Å². The van der Waals surface area contributed by atoms with Gasteiger partial charge in [0.1, 0.15) is 5.82 Å². The zero-order valence-electron chi connectivity index (χ0n) is 14.1. The fourth-order valence-corrected chi connectivity index (χ4v) is 3.65. The van der Waals surface area contributed by atoms with E-state index in [9.17, 15) is 4.79 Å². The minimum Gasteiger partial charge on any atom is -0.340 e. The van der Waals surface area contributed by atoms with Crippen LogP contribution in [0, 0.1) is 0 Å². The van der Waals surface area contributed by atoms with E-state index >= 15 is 0 Å². The third-order valence-electron chi connectivity index (χ3n) is 5.00. The van der Waals surface area contributed by atoms with Gasteiger partial charge in [-0.25, -0.2) is 4.98 Å². The van der Waals surface area contributed by atoms with Gasteiger partial charge in [-0.15, -0.1) is 12.4 Å². The fourth-order valence-electron chi connectivity index (χ4n) is 3.65. The van der Waals surface area contributed by atoms with Crippen molar-refractivity contribution in [3.8, 4) is 0 Å². The molecule has 0 spiro atoms. The van der Waals surface area contributed by atoms with E-state index in [-0.39, 0.29) is 18.4 Å². The zero-order chi connectivity index (χ0) is 15.5. The number of halogens is 1. The van der Waals surface area contributed by atoms with Crippen molar-refractivity contribution in [3.63, 3.8) is 0 Å². The van der Waals surface area contributed by atoms with Crippen LogP contribution in [0.2, 0.25) is 0 Å². The molecule has 2 fully saturated rings. The van der Waals surface area contributed by atoms with Crippen LogP contribution in [-0.2, 0) is 11.8 Å². The van der Waals surface area contributed by atoms with Crippen molar-refractivity contribution in [2.75, 3.05) is 32.7 Å². The standard InChI is InChI=1S/C16H27N5O.ClH/c1-13-4-3-8-21(13)15(22)5-9-20-11-6-17-12-14(20)16-18-7-10-19(16)2;/h7,10,13-14,17H,3-6,8-9,11-12H2,1-2H3;1H. The first-order valence-corrected chi connectivity index (χ1v) is 8.38. The molecule has 3 rings (SSSR count). The summed E-state index contributed by atoms with van der Waals surface area (Å²) < 4.78 is 2.08. The summed E-state index contributed by atoms with van der Waals surface area (Å²) in [4.78, 5) is 21.4. The first-order valence-electron chi connectivity index (χ1n) is 8.38. The molecule has 2 saturated heterocycles. The van der Waals surface area contributed by atoms with E-state index < -0.39 is 0 Å². The van der Waals surface area contributed by atoms with Gasteiger partial charge in [-0.1, -0.05) is 0 Å². The van der Waals surface area contributed by atoms with Crippen LogP contribution in [0.25, 0.3) is 0 Å². The summed E-state index contributed by atoms with van der Waals surface area (Å²) in [5, 5.41) is 3.44. The highest BCUT2D eigenvalue weighted by Gasteiger charge is 2.29. The molecule has 0 bridgehead atoms. The number of nitrogens with one attached hydrogen (secondary N) is 1. The van der Waals surface area contributed by atoms with Gasteiger partial charge in [0.05, 0.1) is 6.04 Å². The summed E-state index contributed by atoms with van der Waals surface area (Å²) in [6, 6.07) is 0.679. The van der Waals surface area contributed by atoms with E-state index in [0.717, 1.165) is 51.4 Å². The van der Waals surface area contributed by atoms with Crippen molar-refractivity contribution in [2.45, 2.75) is 38.3 Å². The van der Waals surface area contributed by atoms with Crippen LogP contribution in [0.3, 0.4) is 0 Å². The molecular weight excluding hydrogens is 314 g/mol. The number of carbonyl (C=O) groups is 1. The third-order valence-corrected chi connectivity index (χ3v) is 5.00. The van der Waals surface area contributed by atoms with Gasteiger partial charge in [-0.2, -0.15) is 0 Å². The Labute approximate surface area is 144 Å². The quantitative estimate of drug-likeness (QED) is 0.893. The highest BCUT2D eigenvalue weighted by atomic mass is 35.5. The van der Waals surface area contributed by atoms with E-state index in [1.54, 1.807) is 0 Å². The van der Waals surface area contributed by atoms with Crippen LogP contribution in [0.15, 0.2) is 12.4 Å². The third kappa shape index (κ3) is 4.05. The number of piperazine rings is 1. The molecule has 1 N–H and O–H groups in total. The van der Waals surface area contributed by atoms with Crippen LogP contribution >= 0.6 is 12.4 Å². The number of likely N-dealkylation sites (tertiary alicyclic amines) is 1. The highest BCUT2D eigenvalue weighted by Crippen LogP contribution is 2.22. The smallest absolute Gasteiger partial charge is 0.224 e. The Kier molecular flexibility index (Phi) is 6.44. The number of rotatable bonds is 4. The monoisotopic (exact) mass is 341 g/mol. The highest BCUT2D eigenvalue weighted by molar-refractivity contribution is 5.85. The lowest BCUT2D eigenvalue weighted by Crippen LogP contribution is -2.48. The number of hydrogen-bond acceptors (Lipinski definition) is 4. The maximum Gasteiger partial charge on any atom is 0.224 e. The Morgan fingerprint density at radius 3 is 2.91 bits per heavy atom. The summed E-state index contributed by atoms with van der Waals surface area (Å²) in [5.74, 6) is 1.39. The molecular formula is C16H28ClN5O.